The molecule has 502 valence electrons. The van der Waals surface area contributed by atoms with Crippen LogP contribution in [0.2, 0.25) is 0 Å². The van der Waals surface area contributed by atoms with Crippen LogP contribution in [-0.2, 0) is 32.7 Å². The fourth-order valence-electron chi connectivity index (χ4n) is 10.6. The predicted molar refractivity (Wildman–Crippen MR) is 372 cm³/mol. The Labute approximate surface area is 533 Å². The zero-order valence-electron chi connectivity index (χ0n) is 57.3. The molecular formula is C76H141NO8P+. The number of unbranched alkanes of at least 4 members (excludes halogenated alkanes) is 42. The number of hydrogen-bond acceptors (Lipinski definition) is 7. The Morgan fingerprint density at radius 3 is 1.00 bits per heavy atom. The largest absolute Gasteiger partial charge is 0.472 e. The first kappa shape index (κ1) is 83.5. The Morgan fingerprint density at radius 2 is 0.663 bits per heavy atom. The van der Waals surface area contributed by atoms with Gasteiger partial charge in [0.1, 0.15) is 19.8 Å². The summed E-state index contributed by atoms with van der Waals surface area (Å²) in [7, 11) is 1.49. The fourth-order valence-corrected chi connectivity index (χ4v) is 11.4. The van der Waals surface area contributed by atoms with Crippen LogP contribution in [0.25, 0.3) is 0 Å². The van der Waals surface area contributed by atoms with Crippen molar-refractivity contribution in [3.05, 3.63) is 72.9 Å². The van der Waals surface area contributed by atoms with Gasteiger partial charge >= 0.3 is 19.8 Å². The predicted octanol–water partition coefficient (Wildman–Crippen LogP) is 23.9. The van der Waals surface area contributed by atoms with Gasteiger partial charge in [-0.2, -0.15) is 0 Å². The molecule has 0 aliphatic rings. The molecule has 2 atom stereocenters. The van der Waals surface area contributed by atoms with Crippen LogP contribution in [0.3, 0.4) is 0 Å². The molecule has 0 fully saturated rings. The van der Waals surface area contributed by atoms with Crippen LogP contribution >= 0.6 is 7.82 Å². The highest BCUT2D eigenvalue weighted by Crippen LogP contribution is 2.43. The van der Waals surface area contributed by atoms with E-state index in [-0.39, 0.29) is 25.6 Å². The van der Waals surface area contributed by atoms with Crippen molar-refractivity contribution in [2.24, 2.45) is 0 Å². The van der Waals surface area contributed by atoms with E-state index in [1.54, 1.807) is 0 Å². The van der Waals surface area contributed by atoms with Crippen molar-refractivity contribution >= 4 is 19.8 Å². The molecule has 9 nitrogen and oxygen atoms in total. The van der Waals surface area contributed by atoms with Gasteiger partial charge in [-0.05, 0) is 83.5 Å². The third kappa shape index (κ3) is 70.5. The number of nitrogens with zero attached hydrogens (tertiary/aromatic N) is 1. The smallest absolute Gasteiger partial charge is 0.462 e. The van der Waals surface area contributed by atoms with Crippen molar-refractivity contribution in [2.45, 2.75) is 354 Å². The van der Waals surface area contributed by atoms with Crippen molar-refractivity contribution in [3.8, 4) is 0 Å². The van der Waals surface area contributed by atoms with Crippen molar-refractivity contribution in [3.63, 3.8) is 0 Å². The lowest BCUT2D eigenvalue weighted by Gasteiger charge is -2.24. The first-order valence-electron chi connectivity index (χ1n) is 36.7. The molecule has 0 aliphatic carbocycles. The lowest BCUT2D eigenvalue weighted by Crippen LogP contribution is -2.37. The number of esters is 2. The molecule has 0 saturated heterocycles. The summed E-state index contributed by atoms with van der Waals surface area (Å²) in [4.78, 5) is 35.9. The molecule has 0 aromatic rings. The maximum absolute atomic E-state index is 12.9. The highest BCUT2D eigenvalue weighted by atomic mass is 31.2. The molecule has 0 aromatic carbocycles. The molecule has 0 heterocycles. The maximum Gasteiger partial charge on any atom is 0.472 e. The van der Waals surface area contributed by atoms with Crippen molar-refractivity contribution in [1.29, 1.82) is 0 Å². The monoisotopic (exact) mass is 1230 g/mol. The van der Waals surface area contributed by atoms with Gasteiger partial charge in [-0.15, -0.1) is 0 Å². The van der Waals surface area contributed by atoms with Crippen molar-refractivity contribution in [2.75, 3.05) is 47.5 Å². The summed E-state index contributed by atoms with van der Waals surface area (Å²) >= 11 is 0. The van der Waals surface area contributed by atoms with E-state index in [1.165, 1.54) is 244 Å². The Bertz CT molecular complexity index is 1680. The Hall–Kier alpha value is -2.55. The van der Waals surface area contributed by atoms with E-state index < -0.39 is 26.5 Å². The Balaban J connectivity index is 3.99. The molecule has 2 unspecified atom stereocenters. The number of phosphoric ester groups is 1. The van der Waals surface area contributed by atoms with Gasteiger partial charge in [0.15, 0.2) is 6.10 Å². The fraction of sp³-hybridized carbons (Fsp3) is 0.816. The second-order valence-corrected chi connectivity index (χ2v) is 27.4. The molecule has 0 rings (SSSR count). The van der Waals surface area contributed by atoms with Gasteiger partial charge in [-0.1, -0.05) is 324 Å². The van der Waals surface area contributed by atoms with E-state index >= 15 is 0 Å². The second-order valence-electron chi connectivity index (χ2n) is 25.9. The van der Waals surface area contributed by atoms with E-state index in [9.17, 15) is 19.0 Å². The molecule has 10 heteroatoms. The zero-order valence-corrected chi connectivity index (χ0v) is 58.2. The highest BCUT2D eigenvalue weighted by molar-refractivity contribution is 7.47. The third-order valence-corrected chi connectivity index (χ3v) is 17.2. The summed E-state index contributed by atoms with van der Waals surface area (Å²) in [6.07, 6.45) is 90.2. The lowest BCUT2D eigenvalue weighted by atomic mass is 10.0. The van der Waals surface area contributed by atoms with Gasteiger partial charge in [-0.25, -0.2) is 4.57 Å². The summed E-state index contributed by atoms with van der Waals surface area (Å²) in [5.74, 6) is -0.784. The van der Waals surface area contributed by atoms with E-state index in [4.69, 9.17) is 18.5 Å². The summed E-state index contributed by atoms with van der Waals surface area (Å²) in [5.41, 5.74) is 0. The van der Waals surface area contributed by atoms with E-state index in [0.717, 1.165) is 70.6 Å². The second kappa shape index (κ2) is 66.9. The molecule has 0 saturated carbocycles. The van der Waals surface area contributed by atoms with Crippen LogP contribution in [0.4, 0.5) is 0 Å². The van der Waals surface area contributed by atoms with Crippen LogP contribution in [0.5, 0.6) is 0 Å². The number of allylic oxidation sites excluding steroid dienone is 12. The topological polar surface area (TPSA) is 108 Å². The molecular weight excluding hydrogens is 1090 g/mol. The number of likely N-dealkylation sites (N-methyl/N-ethyl adjacent to an activating group) is 1. The number of phosphoric acid groups is 1. The van der Waals surface area contributed by atoms with Crippen LogP contribution in [0.15, 0.2) is 72.9 Å². The number of quaternary nitrogens is 1. The van der Waals surface area contributed by atoms with Crippen LogP contribution in [0, 0.1) is 0 Å². The first-order chi connectivity index (χ1) is 42.0. The van der Waals surface area contributed by atoms with Gasteiger partial charge in [0.2, 0.25) is 0 Å². The summed E-state index contributed by atoms with van der Waals surface area (Å²) in [6, 6.07) is 0. The van der Waals surface area contributed by atoms with Crippen molar-refractivity contribution in [1.82, 2.24) is 0 Å². The highest BCUT2D eigenvalue weighted by Gasteiger charge is 2.27. The van der Waals surface area contributed by atoms with E-state index in [1.807, 2.05) is 21.1 Å². The van der Waals surface area contributed by atoms with Crippen LogP contribution in [0.1, 0.15) is 348 Å². The average molecular weight is 1230 g/mol. The molecule has 0 spiro atoms. The Kier molecular flexibility index (Phi) is 64.9. The summed E-state index contributed by atoms with van der Waals surface area (Å²) < 4.78 is 34.8. The number of ether oxygens (including phenoxy) is 2. The zero-order chi connectivity index (χ0) is 62.6. The minimum atomic E-state index is -4.39. The number of carbonyl (C=O) groups is 2. The quantitative estimate of drug-likeness (QED) is 0.0211. The lowest BCUT2D eigenvalue weighted by molar-refractivity contribution is -0.870. The van der Waals surface area contributed by atoms with Gasteiger partial charge < -0.3 is 18.9 Å². The van der Waals surface area contributed by atoms with Gasteiger partial charge in [0.25, 0.3) is 0 Å². The third-order valence-electron chi connectivity index (χ3n) is 16.2. The Morgan fingerprint density at radius 1 is 0.372 bits per heavy atom. The summed E-state index contributed by atoms with van der Waals surface area (Å²) in [6.45, 7) is 4.37. The number of hydrogen-bond donors (Lipinski definition) is 1. The average Bonchev–Trinajstić information content (AvgIpc) is 3.67. The standard InChI is InChI=1S/C76H140NO8P/c1-6-8-10-12-14-16-18-20-22-24-26-28-30-32-34-36-37-38-39-41-42-44-46-48-50-52-54-56-58-60-62-64-66-68-75(78)82-72-74(73-84-86(80,81)83-71-70-77(3,4)5)85-76(79)69-67-65-63-61-59-57-55-53-51-49-47-45-43-40-35-33-31-29-27-25-23-21-19-17-15-13-11-9-7-2/h9,11,15,17,21,23-24,26-27,29,33,35,74H,6-8,10,12-14,16,18-20,22,25,28,30-32,34,36-73H2,1-5H3/p+1/b11-9-,17-15-,23-21-,26-24-,29-27-,35-33-. The molecule has 0 radical (unpaired) electrons. The maximum atomic E-state index is 12.9. The normalized spacial score (nSPS) is 13.5. The SMILES string of the molecule is CC/C=C\C/C=C\C/C=C\C/C=C\C/C=C\CCCCCCCCCCCCCCCC(=O)OC(COC(=O)CCCCCCCCCCCCCCCCCCCCCCC/C=C\CCCCCCCCCC)COP(=O)(O)OCC[N+](C)(C)C. The molecule has 86 heavy (non-hydrogen) atoms. The number of carbonyl (C=O) groups excluding carboxylic acids is 2. The molecule has 0 aliphatic heterocycles. The molecule has 0 bridgehead atoms. The van der Waals surface area contributed by atoms with Gasteiger partial charge in [-0.3, -0.25) is 18.6 Å². The van der Waals surface area contributed by atoms with Crippen molar-refractivity contribution < 1.29 is 42.1 Å². The van der Waals surface area contributed by atoms with Crippen LogP contribution < -0.4 is 0 Å². The number of rotatable bonds is 68. The van der Waals surface area contributed by atoms with E-state index in [0.29, 0.717) is 23.9 Å². The van der Waals surface area contributed by atoms with Crippen LogP contribution in [-0.4, -0.2) is 74.9 Å². The first-order valence-corrected chi connectivity index (χ1v) is 38.2. The van der Waals surface area contributed by atoms with Gasteiger partial charge in [0.05, 0.1) is 27.7 Å². The molecule has 0 amide bonds. The molecule has 1 N–H and O–H groups in total. The minimum Gasteiger partial charge on any atom is -0.462 e. The molecule has 0 aromatic heterocycles. The minimum absolute atomic E-state index is 0.0312. The van der Waals surface area contributed by atoms with Gasteiger partial charge in [0, 0.05) is 12.8 Å². The van der Waals surface area contributed by atoms with E-state index in [2.05, 4.69) is 86.8 Å². The summed E-state index contributed by atoms with van der Waals surface area (Å²) in [5, 5.41) is 0.